The molecule has 2 rings (SSSR count). The van der Waals surface area contributed by atoms with Crippen LogP contribution in [0.25, 0.3) is 10.4 Å². The lowest BCUT2D eigenvalue weighted by atomic mass is 10.1. The van der Waals surface area contributed by atoms with E-state index >= 15 is 0 Å². The quantitative estimate of drug-likeness (QED) is 0.418. The third kappa shape index (κ3) is 3.09. The molecule has 0 radical (unpaired) electrons. The fourth-order valence-electron chi connectivity index (χ4n) is 2.13. The molecule has 0 spiro atoms. The van der Waals surface area contributed by atoms with Crippen LogP contribution >= 0.6 is 0 Å². The van der Waals surface area contributed by atoms with E-state index in [1.165, 1.54) is 0 Å². The van der Waals surface area contributed by atoms with E-state index in [-0.39, 0.29) is 25.4 Å². The van der Waals surface area contributed by atoms with Crippen molar-refractivity contribution < 1.29 is 14.6 Å². The number of aromatic nitrogens is 2. The van der Waals surface area contributed by atoms with Crippen LogP contribution in [0.2, 0.25) is 0 Å². The molecule has 0 saturated carbocycles. The number of azide groups is 1. The van der Waals surface area contributed by atoms with Gasteiger partial charge in [0.2, 0.25) is 5.75 Å². The lowest BCUT2D eigenvalue weighted by Gasteiger charge is -2.15. The monoisotopic (exact) mass is 308 g/mol. The highest BCUT2D eigenvalue weighted by atomic mass is 16.5. The zero-order valence-electron chi connectivity index (χ0n) is 11.2. The lowest BCUT2D eigenvalue weighted by molar-refractivity contribution is -0.0273. The van der Waals surface area contributed by atoms with Gasteiger partial charge in [0.25, 0.3) is 5.56 Å². The second-order valence-electron chi connectivity index (χ2n) is 4.43. The summed E-state index contributed by atoms with van der Waals surface area (Å²) in [5.41, 5.74) is 6.98. The molecule has 1 aromatic rings. The summed E-state index contributed by atoms with van der Waals surface area (Å²) < 4.78 is 11.4. The van der Waals surface area contributed by atoms with Gasteiger partial charge in [-0.25, -0.2) is 4.79 Å². The lowest BCUT2D eigenvalue weighted by Crippen LogP contribution is -2.33. The van der Waals surface area contributed by atoms with Crippen molar-refractivity contribution in [1.29, 1.82) is 5.26 Å². The van der Waals surface area contributed by atoms with Crippen molar-refractivity contribution in [2.45, 2.75) is 24.8 Å². The zero-order chi connectivity index (χ0) is 16.1. The summed E-state index contributed by atoms with van der Waals surface area (Å²) >= 11 is 0. The molecule has 0 amide bonds. The van der Waals surface area contributed by atoms with Crippen molar-refractivity contribution in [2.24, 2.45) is 5.11 Å². The third-order valence-corrected chi connectivity index (χ3v) is 3.12. The Bertz CT molecular complexity index is 743. The molecule has 11 heteroatoms. The van der Waals surface area contributed by atoms with Crippen LogP contribution in [0.1, 0.15) is 12.6 Å². The molecule has 1 saturated heterocycles. The molecule has 3 atom stereocenters. The maximum absolute atomic E-state index is 11.9. The van der Waals surface area contributed by atoms with Gasteiger partial charge >= 0.3 is 5.69 Å². The first kappa shape index (κ1) is 15.6. The van der Waals surface area contributed by atoms with Gasteiger partial charge in [-0.1, -0.05) is 5.11 Å². The average molecular weight is 308 g/mol. The Balaban J connectivity index is 2.33. The maximum Gasteiger partial charge on any atom is 0.330 e. The number of ether oxygens (including phenoxy) is 2. The Morgan fingerprint density at radius 2 is 2.45 bits per heavy atom. The van der Waals surface area contributed by atoms with Gasteiger partial charge in [0, 0.05) is 11.3 Å². The minimum Gasteiger partial charge on any atom is -0.471 e. The second-order valence-corrected chi connectivity index (χ2v) is 4.43. The molecule has 2 N–H and O–H groups in total. The van der Waals surface area contributed by atoms with Gasteiger partial charge in [0.15, 0.2) is 6.61 Å². The van der Waals surface area contributed by atoms with E-state index in [1.54, 1.807) is 6.07 Å². The zero-order valence-corrected chi connectivity index (χ0v) is 11.2. The first-order chi connectivity index (χ1) is 10.6. The standard InChI is InChI=1S/C11H12N6O5/c12-1-2-21-7-4-17(11(20)14-10(7)19)9-3-6(15-16-13)8(5-18)22-9/h4,6,8-9,18H,2-3,5H2,(H,14,19,20)/t6?,8-,9-/m1/s1. The smallest absolute Gasteiger partial charge is 0.330 e. The molecule has 1 aromatic heterocycles. The van der Waals surface area contributed by atoms with Crippen LogP contribution in [-0.4, -0.2) is 40.0 Å². The molecule has 1 aliphatic rings. The molecule has 0 aromatic carbocycles. The van der Waals surface area contributed by atoms with Crippen molar-refractivity contribution in [3.05, 3.63) is 37.5 Å². The van der Waals surface area contributed by atoms with E-state index in [0.717, 1.165) is 10.8 Å². The van der Waals surface area contributed by atoms with Crippen molar-refractivity contribution in [3.8, 4) is 11.8 Å². The normalized spacial score (nSPS) is 23.5. The molecular weight excluding hydrogens is 296 g/mol. The molecule has 0 aliphatic carbocycles. The summed E-state index contributed by atoms with van der Waals surface area (Å²) in [6.07, 6.45) is -0.306. The van der Waals surface area contributed by atoms with E-state index in [9.17, 15) is 14.7 Å². The second kappa shape index (κ2) is 6.77. The van der Waals surface area contributed by atoms with Crippen molar-refractivity contribution in [3.63, 3.8) is 0 Å². The summed E-state index contributed by atoms with van der Waals surface area (Å²) in [7, 11) is 0. The Morgan fingerprint density at radius 3 is 3.09 bits per heavy atom. The molecule has 1 unspecified atom stereocenters. The SMILES string of the molecule is N#CCOc1cn([C@H]2CC(N=[N+]=[N-])[C@@H](CO)O2)c(=O)[nH]c1=O. The minimum atomic E-state index is -0.832. The van der Waals surface area contributed by atoms with Gasteiger partial charge < -0.3 is 14.6 Å². The molecule has 1 aliphatic heterocycles. The predicted octanol–water partition coefficient (Wildman–Crippen LogP) is -0.602. The highest BCUT2D eigenvalue weighted by Gasteiger charge is 2.36. The van der Waals surface area contributed by atoms with Crippen LogP contribution in [0.4, 0.5) is 0 Å². The number of aliphatic hydroxyl groups excluding tert-OH is 1. The summed E-state index contributed by atoms with van der Waals surface area (Å²) in [6.45, 7) is -0.733. The largest absolute Gasteiger partial charge is 0.471 e. The van der Waals surface area contributed by atoms with Gasteiger partial charge in [-0.2, -0.15) is 5.26 Å². The first-order valence-electron chi connectivity index (χ1n) is 6.26. The first-order valence-corrected chi connectivity index (χ1v) is 6.26. The fraction of sp³-hybridized carbons (Fsp3) is 0.545. The number of hydrogen-bond acceptors (Lipinski definition) is 7. The summed E-state index contributed by atoms with van der Waals surface area (Å²) in [4.78, 5) is 28.1. The van der Waals surface area contributed by atoms with Crippen LogP contribution in [0.15, 0.2) is 20.9 Å². The van der Waals surface area contributed by atoms with E-state index in [0.29, 0.717) is 0 Å². The number of nitrogens with zero attached hydrogens (tertiary/aromatic N) is 5. The van der Waals surface area contributed by atoms with Crippen LogP contribution < -0.4 is 16.0 Å². The van der Waals surface area contributed by atoms with Crippen molar-refractivity contribution >= 4 is 0 Å². The number of nitriles is 1. The number of nitrogens with one attached hydrogen (secondary N) is 1. The molecule has 2 heterocycles. The number of aliphatic hydroxyl groups is 1. The molecule has 0 bridgehead atoms. The van der Waals surface area contributed by atoms with Crippen LogP contribution in [0.5, 0.6) is 5.75 Å². The van der Waals surface area contributed by atoms with Gasteiger partial charge in [0.05, 0.1) is 24.9 Å². The summed E-state index contributed by atoms with van der Waals surface area (Å²) in [5, 5.41) is 21.2. The van der Waals surface area contributed by atoms with E-state index in [4.69, 9.17) is 20.3 Å². The minimum absolute atomic E-state index is 0.152. The van der Waals surface area contributed by atoms with E-state index < -0.39 is 29.6 Å². The fourth-order valence-corrected chi connectivity index (χ4v) is 2.13. The third-order valence-electron chi connectivity index (χ3n) is 3.12. The van der Waals surface area contributed by atoms with Gasteiger partial charge in [0.1, 0.15) is 12.3 Å². The molecular formula is C11H12N6O5. The highest BCUT2D eigenvalue weighted by molar-refractivity contribution is 5.13. The van der Waals surface area contributed by atoms with Gasteiger partial charge in [-0.15, -0.1) is 0 Å². The van der Waals surface area contributed by atoms with E-state index in [1.807, 2.05) is 4.98 Å². The number of hydrogen-bond donors (Lipinski definition) is 2. The highest BCUT2D eigenvalue weighted by Crippen LogP contribution is 2.30. The van der Waals surface area contributed by atoms with Crippen LogP contribution in [0, 0.1) is 11.3 Å². The van der Waals surface area contributed by atoms with Gasteiger partial charge in [-0.05, 0) is 5.53 Å². The number of H-pyrrole nitrogens is 1. The van der Waals surface area contributed by atoms with Crippen molar-refractivity contribution in [1.82, 2.24) is 9.55 Å². The topological polar surface area (TPSA) is 166 Å². The molecule has 1 fully saturated rings. The summed E-state index contributed by atoms with van der Waals surface area (Å²) in [6, 6.07) is 1.07. The van der Waals surface area contributed by atoms with E-state index in [2.05, 4.69) is 10.0 Å². The Kier molecular flexibility index (Phi) is 4.80. The van der Waals surface area contributed by atoms with Crippen LogP contribution in [0.3, 0.4) is 0 Å². The Morgan fingerprint density at radius 1 is 1.68 bits per heavy atom. The number of rotatable bonds is 5. The Labute approximate surface area is 123 Å². The maximum atomic E-state index is 11.9. The predicted molar refractivity (Wildman–Crippen MR) is 71.0 cm³/mol. The Hall–Kier alpha value is -2.80. The van der Waals surface area contributed by atoms with Crippen molar-refractivity contribution in [2.75, 3.05) is 13.2 Å². The average Bonchev–Trinajstić information content (AvgIpc) is 2.89. The summed E-state index contributed by atoms with van der Waals surface area (Å²) in [5.74, 6) is -0.211. The molecule has 22 heavy (non-hydrogen) atoms. The molecule has 11 nitrogen and oxygen atoms in total. The van der Waals surface area contributed by atoms with Gasteiger partial charge in [-0.3, -0.25) is 14.3 Å². The molecule has 116 valence electrons. The number of aromatic amines is 1. The van der Waals surface area contributed by atoms with Crippen LogP contribution in [-0.2, 0) is 4.74 Å².